The maximum Gasteiger partial charge on any atom is 0.337 e. The third-order valence-corrected chi connectivity index (χ3v) is 5.46. The second-order valence-corrected chi connectivity index (χ2v) is 6.91. The molecule has 2 rings (SSSR count). The monoisotopic (exact) mass is 347 g/mol. The zero-order valence-electron chi connectivity index (χ0n) is 13.1. The number of carboxylic acids is 1. The lowest BCUT2D eigenvalue weighted by Gasteiger charge is -2.31. The molecule has 23 heavy (non-hydrogen) atoms. The Morgan fingerprint density at radius 1 is 1.61 bits per heavy atom. The maximum absolute atomic E-state index is 11.7. The number of rotatable bonds is 6. The molecule has 0 aromatic carbocycles. The van der Waals surface area contributed by atoms with Gasteiger partial charge >= 0.3 is 11.9 Å². The van der Waals surface area contributed by atoms with Crippen LogP contribution in [0.2, 0.25) is 0 Å². The van der Waals surface area contributed by atoms with E-state index >= 15 is 0 Å². The average Bonchev–Trinajstić information content (AvgIpc) is 2.86. The Bertz CT molecular complexity index is 535. The van der Waals surface area contributed by atoms with Gasteiger partial charge in [0.05, 0.1) is 13.2 Å². The third-order valence-electron chi connectivity index (χ3n) is 4.27. The van der Waals surface area contributed by atoms with Gasteiger partial charge in [0.25, 0.3) is 5.79 Å². The predicted octanol–water partition coefficient (Wildman–Crippen LogP) is -0.0941. The molecule has 4 N–H and O–H groups in total. The number of esters is 1. The van der Waals surface area contributed by atoms with Crippen molar-refractivity contribution < 1.29 is 34.0 Å². The summed E-state index contributed by atoms with van der Waals surface area (Å²) >= 11 is 1.29. The van der Waals surface area contributed by atoms with Crippen molar-refractivity contribution in [2.75, 3.05) is 18.6 Å². The molecule has 1 spiro atoms. The normalized spacial score (nSPS) is 37.6. The Morgan fingerprint density at radius 3 is 2.83 bits per heavy atom. The van der Waals surface area contributed by atoms with Crippen LogP contribution in [0.5, 0.6) is 0 Å². The Morgan fingerprint density at radius 2 is 2.26 bits per heavy atom. The van der Waals surface area contributed by atoms with Crippen LogP contribution in [0.3, 0.4) is 0 Å². The second kappa shape index (κ2) is 6.31. The minimum atomic E-state index is -1.51. The van der Waals surface area contributed by atoms with Crippen LogP contribution in [-0.4, -0.2) is 58.4 Å². The fourth-order valence-corrected chi connectivity index (χ4v) is 4.09. The SMILES string of the molecule is COC1=CC(=O)O[C@@]12O[C@](C)(O)C(C)C2CSC[C@@H](N)C(=O)O. The van der Waals surface area contributed by atoms with Gasteiger partial charge in [-0.15, -0.1) is 0 Å². The molecule has 1 saturated heterocycles. The summed E-state index contributed by atoms with van der Waals surface area (Å²) in [6.45, 7) is 3.27. The van der Waals surface area contributed by atoms with E-state index < -0.39 is 35.5 Å². The van der Waals surface area contributed by atoms with Crippen molar-refractivity contribution in [1.29, 1.82) is 0 Å². The molecule has 0 bridgehead atoms. The van der Waals surface area contributed by atoms with Gasteiger partial charge in [0.1, 0.15) is 6.04 Å². The van der Waals surface area contributed by atoms with Crippen LogP contribution >= 0.6 is 11.8 Å². The Kier molecular flexibility index (Phi) is 4.95. The summed E-state index contributed by atoms with van der Waals surface area (Å²) in [6, 6.07) is -0.988. The smallest absolute Gasteiger partial charge is 0.337 e. The van der Waals surface area contributed by atoms with Gasteiger partial charge in [-0.25, -0.2) is 4.79 Å². The first kappa shape index (κ1) is 18.1. The molecule has 2 aliphatic rings. The van der Waals surface area contributed by atoms with Gasteiger partial charge in [0, 0.05) is 23.3 Å². The first-order valence-electron chi connectivity index (χ1n) is 7.12. The minimum absolute atomic E-state index is 0.191. The molecule has 0 aliphatic carbocycles. The first-order valence-corrected chi connectivity index (χ1v) is 8.27. The average molecular weight is 347 g/mol. The summed E-state index contributed by atoms with van der Waals surface area (Å²) in [6.07, 6.45) is 1.19. The van der Waals surface area contributed by atoms with Crippen molar-refractivity contribution in [2.45, 2.75) is 31.5 Å². The van der Waals surface area contributed by atoms with Crippen LogP contribution in [0.15, 0.2) is 11.8 Å². The summed E-state index contributed by atoms with van der Waals surface area (Å²) in [7, 11) is 1.39. The number of thioether (sulfide) groups is 1. The number of carbonyl (C=O) groups is 2. The molecule has 130 valence electrons. The second-order valence-electron chi connectivity index (χ2n) is 5.84. The van der Waals surface area contributed by atoms with Crippen molar-refractivity contribution in [3.63, 3.8) is 0 Å². The van der Waals surface area contributed by atoms with Crippen molar-refractivity contribution in [2.24, 2.45) is 17.6 Å². The van der Waals surface area contributed by atoms with Gasteiger partial charge in [-0.2, -0.15) is 11.8 Å². The molecule has 1 fully saturated rings. The van der Waals surface area contributed by atoms with Gasteiger partial charge in [-0.05, 0) is 6.92 Å². The Labute approximate surface area is 137 Å². The number of methoxy groups -OCH3 is 1. The van der Waals surface area contributed by atoms with Crippen molar-refractivity contribution in [1.82, 2.24) is 0 Å². The molecule has 0 amide bonds. The highest BCUT2D eigenvalue weighted by atomic mass is 32.2. The number of ether oxygens (including phenoxy) is 3. The topological polar surface area (TPSA) is 128 Å². The van der Waals surface area contributed by atoms with E-state index in [0.717, 1.165) is 0 Å². The van der Waals surface area contributed by atoms with Crippen LogP contribution < -0.4 is 5.73 Å². The molecule has 0 radical (unpaired) electrons. The van der Waals surface area contributed by atoms with Gasteiger partial charge < -0.3 is 30.2 Å². The Hall–Kier alpha value is -1.29. The highest BCUT2D eigenvalue weighted by molar-refractivity contribution is 7.99. The van der Waals surface area contributed by atoms with E-state index in [9.17, 15) is 14.7 Å². The quantitative estimate of drug-likeness (QED) is 0.564. The van der Waals surface area contributed by atoms with E-state index in [4.69, 9.17) is 25.1 Å². The van der Waals surface area contributed by atoms with E-state index in [1.165, 1.54) is 31.9 Å². The summed E-state index contributed by atoms with van der Waals surface area (Å²) in [5.74, 6) is -4.72. The van der Waals surface area contributed by atoms with Crippen LogP contribution in [0, 0.1) is 11.8 Å². The fourth-order valence-electron chi connectivity index (χ4n) is 2.79. The molecular formula is C14H21NO7S. The lowest BCUT2D eigenvalue weighted by molar-refractivity contribution is -0.285. The summed E-state index contributed by atoms with van der Waals surface area (Å²) in [4.78, 5) is 22.4. The third kappa shape index (κ3) is 3.18. The van der Waals surface area contributed by atoms with Crippen LogP contribution in [0.25, 0.3) is 0 Å². The standard InChI is InChI=1S/C14H21NO7S/c1-7-8(5-23-6-9(15)12(17)18)14(22-13(7,2)19)10(20-3)4-11(16)21-14/h4,7-9,19H,5-6,15H2,1-3H3,(H,17,18)/t7?,8?,9-,13+,14+/m1/s1. The highest BCUT2D eigenvalue weighted by Gasteiger charge is 2.65. The van der Waals surface area contributed by atoms with Gasteiger partial charge in [-0.1, -0.05) is 6.92 Å². The molecule has 2 heterocycles. The molecule has 9 heteroatoms. The number of carboxylic acid groups (broad SMARTS) is 1. The molecular weight excluding hydrogens is 326 g/mol. The molecule has 8 nitrogen and oxygen atoms in total. The van der Waals surface area contributed by atoms with E-state index in [1.54, 1.807) is 6.92 Å². The highest BCUT2D eigenvalue weighted by Crippen LogP contribution is 2.53. The van der Waals surface area contributed by atoms with Gasteiger partial charge in [0.15, 0.2) is 11.5 Å². The minimum Gasteiger partial charge on any atom is -0.494 e. The number of hydrogen-bond donors (Lipinski definition) is 3. The van der Waals surface area contributed by atoms with E-state index in [2.05, 4.69) is 0 Å². The zero-order chi connectivity index (χ0) is 17.4. The first-order chi connectivity index (χ1) is 10.6. The molecule has 0 aromatic rings. The van der Waals surface area contributed by atoms with Crippen LogP contribution in [0.1, 0.15) is 13.8 Å². The molecule has 0 aromatic heterocycles. The van der Waals surface area contributed by atoms with E-state index in [1.807, 2.05) is 0 Å². The largest absolute Gasteiger partial charge is 0.494 e. The van der Waals surface area contributed by atoms with E-state index in [0.29, 0.717) is 5.75 Å². The lowest BCUT2D eigenvalue weighted by Crippen LogP contribution is -2.42. The van der Waals surface area contributed by atoms with Crippen molar-refractivity contribution in [3.8, 4) is 0 Å². The molecule has 2 unspecified atom stereocenters. The number of aliphatic hydroxyl groups is 1. The predicted molar refractivity (Wildman–Crippen MR) is 81.2 cm³/mol. The molecule has 5 atom stereocenters. The maximum atomic E-state index is 11.7. The summed E-state index contributed by atoms with van der Waals surface area (Å²) < 4.78 is 16.2. The lowest BCUT2D eigenvalue weighted by atomic mass is 9.86. The fraction of sp³-hybridized carbons (Fsp3) is 0.714. The number of aliphatic carboxylic acids is 1. The summed E-state index contributed by atoms with van der Waals surface area (Å²) in [5, 5.41) is 19.3. The van der Waals surface area contributed by atoms with Crippen molar-refractivity contribution in [3.05, 3.63) is 11.8 Å². The number of carbonyl (C=O) groups excluding carboxylic acids is 1. The van der Waals surface area contributed by atoms with Crippen LogP contribution in [-0.2, 0) is 23.8 Å². The Balaban J connectivity index is 2.18. The van der Waals surface area contributed by atoms with Gasteiger partial charge in [0.2, 0.25) is 0 Å². The number of nitrogens with two attached hydrogens (primary N) is 1. The zero-order valence-corrected chi connectivity index (χ0v) is 14.0. The summed E-state index contributed by atoms with van der Waals surface area (Å²) in [5.41, 5.74) is 5.49. The molecule has 2 aliphatic heterocycles. The number of hydrogen-bond acceptors (Lipinski definition) is 8. The van der Waals surface area contributed by atoms with E-state index in [-0.39, 0.29) is 17.4 Å². The van der Waals surface area contributed by atoms with Crippen LogP contribution in [0.4, 0.5) is 0 Å². The van der Waals surface area contributed by atoms with Crippen molar-refractivity contribution >= 4 is 23.7 Å². The molecule has 0 saturated carbocycles. The van der Waals surface area contributed by atoms with Gasteiger partial charge in [-0.3, -0.25) is 4.79 Å².